The van der Waals surface area contributed by atoms with Crippen LogP contribution in [0.5, 0.6) is 0 Å². The van der Waals surface area contributed by atoms with Crippen LogP contribution in [0.25, 0.3) is 0 Å². The lowest BCUT2D eigenvalue weighted by molar-refractivity contribution is 0.102. The molecule has 1 aliphatic rings. The molecule has 0 saturated carbocycles. The van der Waals surface area contributed by atoms with E-state index in [1.54, 1.807) is 32.0 Å². The fourth-order valence-corrected chi connectivity index (χ4v) is 6.46. The fraction of sp³-hybridized carbons (Fsp3) is 0.350. The second-order valence-corrected chi connectivity index (χ2v) is 11.3. The van der Waals surface area contributed by atoms with Crippen molar-refractivity contribution < 1.29 is 21.6 Å². The van der Waals surface area contributed by atoms with E-state index in [0.717, 1.165) is 11.8 Å². The molecule has 0 atom stereocenters. The van der Waals surface area contributed by atoms with Crippen molar-refractivity contribution in [1.82, 2.24) is 4.31 Å². The number of anilines is 2. The molecule has 0 fully saturated rings. The first-order chi connectivity index (χ1) is 14.5. The largest absolute Gasteiger partial charge is 0.322 e. The molecule has 8 nitrogen and oxygen atoms in total. The zero-order valence-electron chi connectivity index (χ0n) is 17.4. The van der Waals surface area contributed by atoms with Gasteiger partial charge in [-0.3, -0.25) is 9.10 Å². The third-order valence-electron chi connectivity index (χ3n) is 5.11. The van der Waals surface area contributed by atoms with Crippen molar-refractivity contribution in [3.63, 3.8) is 0 Å². The quantitative estimate of drug-likeness (QED) is 0.649. The number of amides is 1. The fourth-order valence-electron chi connectivity index (χ4n) is 3.54. The summed E-state index contributed by atoms with van der Waals surface area (Å²) in [5, 5.41) is 2.77. The van der Waals surface area contributed by atoms with Gasteiger partial charge in [0.15, 0.2) is 0 Å². The number of hydrogen-bond donors (Lipinski definition) is 1. The van der Waals surface area contributed by atoms with Gasteiger partial charge < -0.3 is 5.32 Å². The number of nitrogens with one attached hydrogen (secondary N) is 1. The topological polar surface area (TPSA) is 104 Å². The number of sulfonamides is 2. The van der Waals surface area contributed by atoms with Crippen molar-refractivity contribution in [3.05, 3.63) is 52.5 Å². The first kappa shape index (κ1) is 23.5. The highest BCUT2D eigenvalue weighted by Crippen LogP contribution is 2.31. The molecule has 31 heavy (non-hydrogen) atoms. The Kier molecular flexibility index (Phi) is 6.66. The minimum absolute atomic E-state index is 0.0725. The Labute approximate surface area is 187 Å². The first-order valence-electron chi connectivity index (χ1n) is 9.70. The average Bonchev–Trinajstić information content (AvgIpc) is 3.13. The van der Waals surface area contributed by atoms with Gasteiger partial charge in [-0.15, -0.1) is 0 Å². The minimum atomic E-state index is -3.80. The Hall–Kier alpha value is -2.14. The van der Waals surface area contributed by atoms with Crippen LogP contribution < -0.4 is 9.62 Å². The van der Waals surface area contributed by atoms with Gasteiger partial charge in [0.1, 0.15) is 4.90 Å². The minimum Gasteiger partial charge on any atom is -0.322 e. The van der Waals surface area contributed by atoms with Crippen molar-refractivity contribution in [2.24, 2.45) is 0 Å². The summed E-state index contributed by atoms with van der Waals surface area (Å²) in [6, 6.07) is 9.10. The van der Waals surface area contributed by atoms with Crippen LogP contribution >= 0.6 is 11.6 Å². The molecule has 2 aromatic carbocycles. The van der Waals surface area contributed by atoms with E-state index < -0.39 is 26.0 Å². The summed E-state index contributed by atoms with van der Waals surface area (Å²) >= 11 is 6.13. The second kappa shape index (κ2) is 8.78. The highest BCUT2D eigenvalue weighted by atomic mass is 35.5. The van der Waals surface area contributed by atoms with E-state index >= 15 is 0 Å². The van der Waals surface area contributed by atoms with E-state index in [4.69, 9.17) is 11.6 Å². The summed E-state index contributed by atoms with van der Waals surface area (Å²) in [4.78, 5) is 12.7. The predicted molar refractivity (Wildman–Crippen MR) is 122 cm³/mol. The van der Waals surface area contributed by atoms with Gasteiger partial charge in [0.05, 0.1) is 17.0 Å². The van der Waals surface area contributed by atoms with Crippen LogP contribution in [0.2, 0.25) is 5.02 Å². The van der Waals surface area contributed by atoms with Crippen LogP contribution in [-0.4, -0.2) is 52.9 Å². The molecule has 0 saturated heterocycles. The van der Waals surface area contributed by atoms with Gasteiger partial charge in [-0.2, -0.15) is 4.31 Å². The van der Waals surface area contributed by atoms with E-state index in [9.17, 15) is 21.6 Å². The molecular weight excluding hydrogens is 462 g/mol. The Bertz CT molecular complexity index is 1230. The first-order valence-corrected chi connectivity index (χ1v) is 13.4. The highest BCUT2D eigenvalue weighted by molar-refractivity contribution is 7.92. The predicted octanol–water partition coefficient (Wildman–Crippen LogP) is 2.94. The van der Waals surface area contributed by atoms with Gasteiger partial charge in [0.25, 0.3) is 5.91 Å². The normalized spacial score (nSPS) is 14.0. The number of nitrogens with zero attached hydrogens (tertiary/aromatic N) is 2. The maximum absolute atomic E-state index is 12.8. The van der Waals surface area contributed by atoms with E-state index in [2.05, 4.69) is 5.32 Å². The van der Waals surface area contributed by atoms with Gasteiger partial charge in [-0.05, 0) is 48.4 Å². The monoisotopic (exact) mass is 485 g/mol. The second-order valence-electron chi connectivity index (χ2n) is 7.12. The zero-order valence-corrected chi connectivity index (χ0v) is 19.8. The maximum Gasteiger partial charge on any atom is 0.255 e. The lowest BCUT2D eigenvalue weighted by Crippen LogP contribution is -2.30. The zero-order chi connectivity index (χ0) is 23.0. The van der Waals surface area contributed by atoms with Crippen molar-refractivity contribution >= 4 is 48.9 Å². The Morgan fingerprint density at radius 1 is 1.10 bits per heavy atom. The van der Waals surface area contributed by atoms with Crippen LogP contribution in [0.3, 0.4) is 0 Å². The Morgan fingerprint density at radius 2 is 1.77 bits per heavy atom. The van der Waals surface area contributed by atoms with Gasteiger partial charge in [0, 0.05) is 30.9 Å². The summed E-state index contributed by atoms with van der Waals surface area (Å²) in [7, 11) is -7.17. The molecule has 1 amide bonds. The Balaban J connectivity index is 1.87. The highest BCUT2D eigenvalue weighted by Gasteiger charge is 2.27. The maximum atomic E-state index is 12.8. The summed E-state index contributed by atoms with van der Waals surface area (Å²) < 4.78 is 52.0. The molecule has 1 heterocycles. The van der Waals surface area contributed by atoms with E-state index in [0.29, 0.717) is 43.0 Å². The molecule has 1 N–H and O–H groups in total. The molecule has 0 radical (unpaired) electrons. The number of benzene rings is 2. The number of carbonyl (C=O) groups is 1. The summed E-state index contributed by atoms with van der Waals surface area (Å²) in [6.45, 7) is 4.40. The van der Waals surface area contributed by atoms with Gasteiger partial charge in [0.2, 0.25) is 20.0 Å². The standard InChI is InChI=1S/C20H24ClN3O5S2/c1-4-23(5-2)31(28,29)19-13-16(7-8-17(19)21)22-20(25)15-6-9-18-14(12-15)10-11-24(18)30(3,26)27/h6-9,12-13H,4-5,10-11H2,1-3H3,(H,22,25). The van der Waals surface area contributed by atoms with Crippen LogP contribution in [-0.2, 0) is 26.5 Å². The molecule has 3 rings (SSSR count). The third-order valence-corrected chi connectivity index (χ3v) is 8.82. The van der Waals surface area contributed by atoms with Crippen LogP contribution in [0.15, 0.2) is 41.3 Å². The van der Waals surface area contributed by atoms with Crippen molar-refractivity contribution in [3.8, 4) is 0 Å². The Morgan fingerprint density at radius 3 is 2.39 bits per heavy atom. The molecule has 0 spiro atoms. The van der Waals surface area contributed by atoms with Gasteiger partial charge in [-0.1, -0.05) is 25.4 Å². The lowest BCUT2D eigenvalue weighted by Gasteiger charge is -2.20. The van der Waals surface area contributed by atoms with Gasteiger partial charge in [-0.25, -0.2) is 16.8 Å². The molecule has 11 heteroatoms. The van der Waals surface area contributed by atoms with Crippen LogP contribution in [0.4, 0.5) is 11.4 Å². The number of rotatable bonds is 7. The smallest absolute Gasteiger partial charge is 0.255 e. The molecule has 2 aromatic rings. The molecule has 0 unspecified atom stereocenters. The molecular formula is C20H24ClN3O5S2. The van der Waals surface area contributed by atoms with Crippen LogP contribution in [0, 0.1) is 0 Å². The molecule has 0 bridgehead atoms. The number of fused-ring (bicyclic) bond motifs is 1. The van der Waals surface area contributed by atoms with Crippen molar-refractivity contribution in [2.45, 2.75) is 25.2 Å². The number of hydrogen-bond acceptors (Lipinski definition) is 5. The summed E-state index contributed by atoms with van der Waals surface area (Å²) in [6.07, 6.45) is 1.66. The van der Waals surface area contributed by atoms with Gasteiger partial charge >= 0.3 is 0 Å². The summed E-state index contributed by atoms with van der Waals surface area (Å²) in [5.74, 6) is -0.436. The average molecular weight is 486 g/mol. The summed E-state index contributed by atoms with van der Waals surface area (Å²) in [5.41, 5.74) is 1.97. The number of halogens is 1. The SMILES string of the molecule is CCN(CC)S(=O)(=O)c1cc(NC(=O)c2ccc3c(c2)CCN3S(C)(=O)=O)ccc1Cl. The van der Waals surface area contributed by atoms with E-state index in [-0.39, 0.29) is 9.92 Å². The molecule has 1 aliphatic heterocycles. The van der Waals surface area contributed by atoms with Crippen LogP contribution in [0.1, 0.15) is 29.8 Å². The van der Waals surface area contributed by atoms with E-state index in [1.807, 2.05) is 0 Å². The molecule has 0 aromatic heterocycles. The third kappa shape index (κ3) is 4.72. The molecule has 0 aliphatic carbocycles. The van der Waals surface area contributed by atoms with E-state index in [1.165, 1.54) is 26.8 Å². The van der Waals surface area contributed by atoms with Crippen molar-refractivity contribution in [2.75, 3.05) is 35.5 Å². The number of carbonyl (C=O) groups excluding carboxylic acids is 1. The molecule has 168 valence electrons. The van der Waals surface area contributed by atoms with Crippen molar-refractivity contribution in [1.29, 1.82) is 0 Å². The lowest BCUT2D eigenvalue weighted by atomic mass is 10.1.